The maximum Gasteiger partial charge on any atom is 0.244 e. The van der Waals surface area contributed by atoms with Gasteiger partial charge in [0, 0.05) is 0 Å². The Hall–Kier alpha value is -1.40. The summed E-state index contributed by atoms with van der Waals surface area (Å²) >= 11 is 0. The van der Waals surface area contributed by atoms with Crippen LogP contribution >= 0.6 is 0 Å². The summed E-state index contributed by atoms with van der Waals surface area (Å²) in [7, 11) is -4.04. The van der Waals surface area contributed by atoms with Crippen LogP contribution in [0.2, 0.25) is 0 Å². The zero-order valence-electron chi connectivity index (χ0n) is 11.4. The Morgan fingerprint density at radius 1 is 1.37 bits per heavy atom. The summed E-state index contributed by atoms with van der Waals surface area (Å²) in [6.45, 7) is 11.0. The minimum Gasteiger partial charge on any atom is -0.748 e. The molecule has 0 aliphatic rings. The molecule has 0 spiro atoms. The van der Waals surface area contributed by atoms with E-state index in [1.165, 1.54) is 12.8 Å². The van der Waals surface area contributed by atoms with Gasteiger partial charge in [-0.1, -0.05) is 32.1 Å². The number of unbranched alkanes of at least 4 members (excludes halogenated alkanes) is 1. The number of rotatable bonds is 7. The summed E-state index contributed by atoms with van der Waals surface area (Å²) in [4.78, 5) is 0. The van der Waals surface area contributed by atoms with Crippen molar-refractivity contribution in [3.05, 3.63) is 44.0 Å². The molecule has 0 radical (unpaired) electrons. The first-order chi connectivity index (χ1) is 8.92. The fourth-order valence-corrected chi connectivity index (χ4v) is 1.60. The van der Waals surface area contributed by atoms with Crippen molar-refractivity contribution in [3.63, 3.8) is 0 Å². The molecular formula is C13H22N2O3S. The lowest BCUT2D eigenvalue weighted by atomic mass is 10.3. The van der Waals surface area contributed by atoms with Crippen molar-refractivity contribution < 1.29 is 17.5 Å². The lowest BCUT2D eigenvalue weighted by Crippen LogP contribution is -2.30. The Morgan fingerprint density at radius 2 is 2.05 bits per heavy atom. The van der Waals surface area contributed by atoms with E-state index in [0.717, 1.165) is 19.2 Å². The van der Waals surface area contributed by atoms with Crippen molar-refractivity contribution >= 4 is 10.1 Å². The summed E-state index contributed by atoms with van der Waals surface area (Å²) in [6.07, 6.45) is 11.8. The fraction of sp³-hybridized carbons (Fsp3) is 0.462. The van der Waals surface area contributed by atoms with E-state index in [1.54, 1.807) is 0 Å². The van der Waals surface area contributed by atoms with Crippen LogP contribution < -0.4 is 4.57 Å². The molecule has 1 heterocycles. The van der Waals surface area contributed by atoms with Gasteiger partial charge in [0.15, 0.2) is 0 Å². The normalized spacial score (nSPS) is 10.4. The monoisotopic (exact) mass is 286 g/mol. The maximum absolute atomic E-state index is 9.60. The van der Waals surface area contributed by atoms with Crippen LogP contribution in [0.3, 0.4) is 0 Å². The highest BCUT2D eigenvalue weighted by molar-refractivity contribution is 7.85. The lowest BCUT2D eigenvalue weighted by molar-refractivity contribution is -0.696. The first-order valence-corrected chi connectivity index (χ1v) is 7.70. The SMILES string of the molecule is C=CCS(=O)(=O)[O-].C=CCn1cc[n+](CCCC)c1. The smallest absolute Gasteiger partial charge is 0.244 e. The predicted molar refractivity (Wildman–Crippen MR) is 74.5 cm³/mol. The number of nitrogens with zero attached hydrogens (tertiary/aromatic N) is 2. The Kier molecular flexibility index (Phi) is 8.82. The van der Waals surface area contributed by atoms with E-state index in [0.29, 0.717) is 0 Å². The molecule has 0 amide bonds. The second-order valence-corrected chi connectivity index (χ2v) is 5.45. The van der Waals surface area contributed by atoms with Gasteiger partial charge >= 0.3 is 0 Å². The van der Waals surface area contributed by atoms with E-state index in [4.69, 9.17) is 0 Å². The Bertz CT molecular complexity index is 478. The molecule has 0 N–H and O–H groups in total. The topological polar surface area (TPSA) is 66.0 Å². The molecule has 5 nitrogen and oxygen atoms in total. The van der Waals surface area contributed by atoms with Gasteiger partial charge < -0.3 is 4.55 Å². The van der Waals surface area contributed by atoms with Crippen LogP contribution in [0.25, 0.3) is 0 Å². The van der Waals surface area contributed by atoms with E-state index in [9.17, 15) is 13.0 Å². The van der Waals surface area contributed by atoms with Gasteiger partial charge in [-0.05, 0) is 6.42 Å². The van der Waals surface area contributed by atoms with Gasteiger partial charge in [-0.3, -0.25) is 0 Å². The third kappa shape index (κ3) is 10.2. The second-order valence-electron chi connectivity index (χ2n) is 4.00. The van der Waals surface area contributed by atoms with Gasteiger partial charge in [-0.2, -0.15) is 0 Å². The Morgan fingerprint density at radius 3 is 2.47 bits per heavy atom. The third-order valence-electron chi connectivity index (χ3n) is 2.18. The van der Waals surface area contributed by atoms with Gasteiger partial charge in [0.25, 0.3) is 0 Å². The quantitative estimate of drug-likeness (QED) is 0.433. The van der Waals surface area contributed by atoms with Crippen LogP contribution in [0.15, 0.2) is 44.0 Å². The molecule has 0 unspecified atom stereocenters. The van der Waals surface area contributed by atoms with Crippen LogP contribution in [0.5, 0.6) is 0 Å². The molecule has 19 heavy (non-hydrogen) atoms. The van der Waals surface area contributed by atoms with Gasteiger partial charge in [0.1, 0.15) is 18.9 Å². The number of allylic oxidation sites excluding steroid dienone is 1. The molecule has 108 valence electrons. The molecule has 0 saturated carbocycles. The molecule has 0 fully saturated rings. The lowest BCUT2D eigenvalue weighted by Gasteiger charge is -1.98. The second kappa shape index (κ2) is 9.52. The van der Waals surface area contributed by atoms with Crippen LogP contribution in [-0.4, -0.2) is 23.3 Å². The van der Waals surface area contributed by atoms with E-state index in [1.807, 2.05) is 6.08 Å². The fourth-order valence-electron chi connectivity index (χ4n) is 1.31. The number of aryl methyl sites for hydroxylation is 1. The van der Waals surface area contributed by atoms with Gasteiger partial charge in [0.2, 0.25) is 6.33 Å². The molecule has 0 atom stereocenters. The largest absolute Gasteiger partial charge is 0.748 e. The van der Waals surface area contributed by atoms with E-state index in [-0.39, 0.29) is 0 Å². The highest BCUT2D eigenvalue weighted by Gasteiger charge is 1.99. The number of imidazole rings is 1. The Labute approximate surface area is 115 Å². The molecule has 0 aliphatic carbocycles. The van der Waals surface area contributed by atoms with Crippen molar-refractivity contribution in [2.45, 2.75) is 32.9 Å². The van der Waals surface area contributed by atoms with Crippen molar-refractivity contribution in [2.24, 2.45) is 0 Å². The van der Waals surface area contributed by atoms with Crippen LogP contribution in [0.4, 0.5) is 0 Å². The Balaban J connectivity index is 0.000000399. The molecule has 6 heteroatoms. The summed E-state index contributed by atoms with van der Waals surface area (Å²) in [6, 6.07) is 0. The van der Waals surface area contributed by atoms with Crippen molar-refractivity contribution in [2.75, 3.05) is 5.75 Å². The minimum absolute atomic E-state index is 0.479. The molecule has 1 rings (SSSR count). The molecule has 0 aliphatic heterocycles. The average molecular weight is 286 g/mol. The summed E-state index contributed by atoms with van der Waals surface area (Å²) in [5, 5.41) is 0. The standard InChI is InChI=1S/C10H17N2.C3H6O3S/c1-3-5-7-12-9-8-11(10-12)6-4-2;1-2-3-7(4,5)6/h4,8-10H,2-3,5-7H2,1H3;2H,1,3H2,(H,4,5,6)/q+1;/p-1. The third-order valence-corrected chi connectivity index (χ3v) is 2.82. The van der Waals surface area contributed by atoms with Gasteiger partial charge in [0.05, 0.1) is 22.4 Å². The van der Waals surface area contributed by atoms with E-state index < -0.39 is 15.9 Å². The van der Waals surface area contributed by atoms with E-state index in [2.05, 4.69) is 47.9 Å². The maximum atomic E-state index is 9.60. The van der Waals surface area contributed by atoms with Crippen LogP contribution in [0.1, 0.15) is 19.8 Å². The number of hydrogen-bond acceptors (Lipinski definition) is 3. The molecule has 1 aromatic heterocycles. The number of aromatic nitrogens is 2. The molecular weight excluding hydrogens is 264 g/mol. The summed E-state index contributed by atoms with van der Waals surface area (Å²) < 4.78 is 33.2. The molecule has 0 bridgehead atoms. The number of hydrogen-bond donors (Lipinski definition) is 0. The van der Waals surface area contributed by atoms with Crippen LogP contribution in [-0.2, 0) is 23.2 Å². The average Bonchev–Trinajstić information content (AvgIpc) is 2.74. The molecule has 1 aromatic rings. The highest BCUT2D eigenvalue weighted by atomic mass is 32.2. The zero-order chi connectivity index (χ0) is 14.7. The van der Waals surface area contributed by atoms with Gasteiger partial charge in [-0.25, -0.2) is 17.6 Å². The molecule has 0 saturated heterocycles. The minimum atomic E-state index is -4.04. The predicted octanol–water partition coefficient (Wildman–Crippen LogP) is 1.48. The molecule has 0 aromatic carbocycles. The summed E-state index contributed by atoms with van der Waals surface area (Å²) in [5.74, 6) is -0.479. The highest BCUT2D eigenvalue weighted by Crippen LogP contribution is 1.88. The van der Waals surface area contributed by atoms with Crippen molar-refractivity contribution in [1.82, 2.24) is 4.57 Å². The van der Waals surface area contributed by atoms with Gasteiger partial charge in [-0.15, -0.1) is 6.58 Å². The summed E-state index contributed by atoms with van der Waals surface area (Å²) in [5.41, 5.74) is 0. The van der Waals surface area contributed by atoms with E-state index >= 15 is 0 Å². The van der Waals surface area contributed by atoms with Crippen molar-refractivity contribution in [1.29, 1.82) is 0 Å². The first kappa shape index (κ1) is 17.6. The zero-order valence-corrected chi connectivity index (χ0v) is 12.2. The van der Waals surface area contributed by atoms with Crippen molar-refractivity contribution in [3.8, 4) is 0 Å². The van der Waals surface area contributed by atoms with Crippen LogP contribution in [0, 0.1) is 0 Å². The first-order valence-electron chi connectivity index (χ1n) is 6.13.